The summed E-state index contributed by atoms with van der Waals surface area (Å²) in [5, 5.41) is 0. The van der Waals surface area contributed by atoms with Crippen LogP contribution in [0.3, 0.4) is 0 Å². The van der Waals surface area contributed by atoms with E-state index in [0.717, 1.165) is 11.0 Å². The fourth-order valence-corrected chi connectivity index (χ4v) is 2.86. The Balaban J connectivity index is 2.26. The summed E-state index contributed by atoms with van der Waals surface area (Å²) in [5.41, 5.74) is 8.71. The van der Waals surface area contributed by atoms with E-state index < -0.39 is 0 Å². The summed E-state index contributed by atoms with van der Waals surface area (Å²) >= 11 is 3.60. The summed E-state index contributed by atoms with van der Waals surface area (Å²) in [5.74, 6) is 0. The lowest BCUT2D eigenvalue weighted by Gasteiger charge is -2.41. The van der Waals surface area contributed by atoms with Crippen molar-refractivity contribution in [1.29, 1.82) is 0 Å². The molecule has 0 spiro atoms. The Kier molecular flexibility index (Phi) is 3.67. The highest BCUT2D eigenvalue weighted by molar-refractivity contribution is 9.10. The molecular weight excluding hydrogens is 266 g/mol. The van der Waals surface area contributed by atoms with Gasteiger partial charge in [-0.25, -0.2) is 0 Å². The Hall–Kier alpha value is -0.380. The zero-order valence-electron chi connectivity index (χ0n) is 9.63. The second-order valence-electron chi connectivity index (χ2n) is 4.58. The molecule has 0 amide bonds. The summed E-state index contributed by atoms with van der Waals surface area (Å²) in [4.78, 5) is 0. The van der Waals surface area contributed by atoms with E-state index in [1.54, 1.807) is 7.11 Å². The monoisotopic (exact) mass is 283 g/mol. The second kappa shape index (κ2) is 4.86. The van der Waals surface area contributed by atoms with Crippen LogP contribution in [0.1, 0.15) is 30.4 Å². The van der Waals surface area contributed by atoms with E-state index in [-0.39, 0.29) is 5.41 Å². The Labute approximate surface area is 105 Å². The first-order chi connectivity index (χ1) is 7.72. The molecule has 1 aliphatic carbocycles. The van der Waals surface area contributed by atoms with E-state index in [1.807, 2.05) is 0 Å². The predicted molar refractivity (Wildman–Crippen MR) is 69.4 cm³/mol. The number of nitrogens with two attached hydrogens (primary N) is 1. The highest BCUT2D eigenvalue weighted by Crippen LogP contribution is 2.43. The number of methoxy groups -OCH3 is 1. The lowest BCUT2D eigenvalue weighted by atomic mass is 9.64. The molecule has 1 aliphatic rings. The first-order valence-electron chi connectivity index (χ1n) is 5.70. The van der Waals surface area contributed by atoms with Crippen LogP contribution in [0, 0.1) is 0 Å². The van der Waals surface area contributed by atoms with Crippen LogP contribution in [0.4, 0.5) is 0 Å². The maximum Gasteiger partial charge on any atom is 0.0724 e. The quantitative estimate of drug-likeness (QED) is 0.922. The third-order valence-corrected chi connectivity index (χ3v) is 4.40. The van der Waals surface area contributed by atoms with Gasteiger partial charge in [-0.2, -0.15) is 0 Å². The highest BCUT2D eigenvalue weighted by Gasteiger charge is 2.37. The lowest BCUT2D eigenvalue weighted by Crippen LogP contribution is -2.41. The molecule has 0 aliphatic heterocycles. The first kappa shape index (κ1) is 12.1. The molecular formula is C13H18BrNO. The van der Waals surface area contributed by atoms with Gasteiger partial charge in [0.25, 0.3) is 0 Å². The molecule has 0 saturated heterocycles. The van der Waals surface area contributed by atoms with E-state index >= 15 is 0 Å². The van der Waals surface area contributed by atoms with Crippen LogP contribution in [0.15, 0.2) is 22.7 Å². The molecule has 2 rings (SSSR count). The molecule has 16 heavy (non-hydrogen) atoms. The van der Waals surface area contributed by atoms with Crippen LogP contribution >= 0.6 is 15.9 Å². The van der Waals surface area contributed by atoms with Gasteiger partial charge in [-0.3, -0.25) is 0 Å². The molecule has 0 radical (unpaired) electrons. The van der Waals surface area contributed by atoms with E-state index in [9.17, 15) is 0 Å². The van der Waals surface area contributed by atoms with Crippen LogP contribution in [-0.2, 0) is 16.8 Å². The Morgan fingerprint density at radius 3 is 2.62 bits per heavy atom. The molecule has 0 unspecified atom stereocenters. The Morgan fingerprint density at radius 1 is 1.44 bits per heavy atom. The average molecular weight is 284 g/mol. The molecule has 0 aromatic heterocycles. The van der Waals surface area contributed by atoms with Crippen molar-refractivity contribution in [1.82, 2.24) is 0 Å². The number of ether oxygens (including phenoxy) is 1. The van der Waals surface area contributed by atoms with Crippen molar-refractivity contribution in [3.63, 3.8) is 0 Å². The standard InChI is InChI=1S/C13H18BrNO/c1-16-8-10-3-4-11(7-12(10)14)13(9-15)5-2-6-13/h3-4,7H,2,5-6,8-9,15H2,1H3. The van der Waals surface area contributed by atoms with Crippen molar-refractivity contribution in [2.45, 2.75) is 31.3 Å². The van der Waals surface area contributed by atoms with Crippen LogP contribution in [-0.4, -0.2) is 13.7 Å². The van der Waals surface area contributed by atoms with Crippen molar-refractivity contribution in [3.8, 4) is 0 Å². The molecule has 0 atom stereocenters. The largest absolute Gasteiger partial charge is 0.380 e. The number of hydrogen-bond acceptors (Lipinski definition) is 2. The minimum atomic E-state index is 0.244. The zero-order valence-corrected chi connectivity index (χ0v) is 11.2. The number of halogens is 1. The fraction of sp³-hybridized carbons (Fsp3) is 0.538. The number of rotatable bonds is 4. The maximum atomic E-state index is 5.91. The average Bonchev–Trinajstić information content (AvgIpc) is 2.21. The second-order valence-corrected chi connectivity index (χ2v) is 5.43. The van der Waals surface area contributed by atoms with Gasteiger partial charge in [0, 0.05) is 23.5 Å². The van der Waals surface area contributed by atoms with Crippen LogP contribution in [0.2, 0.25) is 0 Å². The summed E-state index contributed by atoms with van der Waals surface area (Å²) in [7, 11) is 1.72. The van der Waals surface area contributed by atoms with Gasteiger partial charge < -0.3 is 10.5 Å². The molecule has 3 heteroatoms. The van der Waals surface area contributed by atoms with Crippen molar-refractivity contribution in [2.24, 2.45) is 5.73 Å². The number of benzene rings is 1. The third-order valence-electron chi connectivity index (χ3n) is 3.67. The van der Waals surface area contributed by atoms with Crippen molar-refractivity contribution < 1.29 is 4.74 Å². The molecule has 2 N–H and O–H groups in total. The van der Waals surface area contributed by atoms with E-state index in [2.05, 4.69) is 34.1 Å². The van der Waals surface area contributed by atoms with Gasteiger partial charge in [-0.15, -0.1) is 0 Å². The van der Waals surface area contributed by atoms with Gasteiger partial charge in [-0.1, -0.05) is 34.5 Å². The van der Waals surface area contributed by atoms with Crippen LogP contribution in [0.5, 0.6) is 0 Å². The molecule has 1 aromatic rings. The maximum absolute atomic E-state index is 5.91. The van der Waals surface area contributed by atoms with Crippen LogP contribution < -0.4 is 5.73 Å². The molecule has 1 fully saturated rings. The van der Waals surface area contributed by atoms with Crippen molar-refractivity contribution >= 4 is 15.9 Å². The Bertz CT molecular complexity index is 369. The van der Waals surface area contributed by atoms with Gasteiger partial charge in [0.15, 0.2) is 0 Å². The van der Waals surface area contributed by atoms with E-state index in [1.165, 1.54) is 30.4 Å². The summed E-state index contributed by atoms with van der Waals surface area (Å²) in [6.45, 7) is 1.40. The Morgan fingerprint density at radius 2 is 2.19 bits per heavy atom. The van der Waals surface area contributed by atoms with Gasteiger partial charge in [0.1, 0.15) is 0 Å². The minimum absolute atomic E-state index is 0.244. The van der Waals surface area contributed by atoms with E-state index in [4.69, 9.17) is 10.5 Å². The summed E-state index contributed by atoms with van der Waals surface area (Å²) in [6.07, 6.45) is 3.74. The molecule has 1 aromatic carbocycles. The zero-order chi connectivity index (χ0) is 11.6. The molecule has 0 heterocycles. The van der Waals surface area contributed by atoms with Gasteiger partial charge >= 0.3 is 0 Å². The van der Waals surface area contributed by atoms with Gasteiger partial charge in [0.2, 0.25) is 0 Å². The molecule has 1 saturated carbocycles. The van der Waals surface area contributed by atoms with Crippen molar-refractivity contribution in [3.05, 3.63) is 33.8 Å². The first-order valence-corrected chi connectivity index (χ1v) is 6.49. The minimum Gasteiger partial charge on any atom is -0.380 e. The smallest absolute Gasteiger partial charge is 0.0724 e. The third kappa shape index (κ3) is 2.04. The summed E-state index contributed by atoms with van der Waals surface area (Å²) in [6, 6.07) is 6.55. The molecule has 88 valence electrons. The normalized spacial score (nSPS) is 18.2. The highest BCUT2D eigenvalue weighted by atomic mass is 79.9. The topological polar surface area (TPSA) is 35.2 Å². The van der Waals surface area contributed by atoms with E-state index in [0.29, 0.717) is 6.61 Å². The lowest BCUT2D eigenvalue weighted by molar-refractivity contribution is 0.184. The number of hydrogen-bond donors (Lipinski definition) is 1. The SMILES string of the molecule is COCc1ccc(C2(CN)CCC2)cc1Br. The fourth-order valence-electron chi connectivity index (χ4n) is 2.36. The van der Waals surface area contributed by atoms with Gasteiger partial charge in [-0.05, 0) is 30.0 Å². The van der Waals surface area contributed by atoms with Gasteiger partial charge in [0.05, 0.1) is 6.61 Å². The molecule has 2 nitrogen and oxygen atoms in total. The predicted octanol–water partition coefficient (Wildman–Crippen LogP) is 2.98. The van der Waals surface area contributed by atoms with Crippen LogP contribution in [0.25, 0.3) is 0 Å². The molecule has 0 bridgehead atoms. The van der Waals surface area contributed by atoms with Crippen molar-refractivity contribution in [2.75, 3.05) is 13.7 Å². The summed E-state index contributed by atoms with van der Waals surface area (Å²) < 4.78 is 6.28.